The van der Waals surface area contributed by atoms with Crippen LogP contribution in [0.3, 0.4) is 0 Å². The van der Waals surface area contributed by atoms with Crippen molar-refractivity contribution in [3.05, 3.63) is 60.1 Å². The van der Waals surface area contributed by atoms with E-state index in [1.807, 2.05) is 10.9 Å². The first-order chi connectivity index (χ1) is 17.6. The highest BCUT2D eigenvalue weighted by Crippen LogP contribution is 2.28. The molecule has 0 amide bonds. The summed E-state index contributed by atoms with van der Waals surface area (Å²) >= 11 is 0. The number of hydrogen-bond acceptors (Lipinski definition) is 8. The Kier molecular flexibility index (Phi) is 6.25. The number of benzene rings is 2. The predicted octanol–water partition coefficient (Wildman–Crippen LogP) is 3.37. The van der Waals surface area contributed by atoms with Crippen LogP contribution in [0.2, 0.25) is 0 Å². The summed E-state index contributed by atoms with van der Waals surface area (Å²) < 4.78 is 7.32. The van der Waals surface area contributed by atoms with Crippen LogP contribution in [-0.2, 0) is 11.3 Å². The summed E-state index contributed by atoms with van der Waals surface area (Å²) in [4.78, 5) is 14.2. The van der Waals surface area contributed by atoms with Gasteiger partial charge in [0.15, 0.2) is 5.82 Å². The second-order valence-corrected chi connectivity index (χ2v) is 9.75. The molecule has 6 rings (SSSR count). The molecule has 3 aromatic rings. The molecular formula is C27H34N8O. The summed E-state index contributed by atoms with van der Waals surface area (Å²) in [5.41, 5.74) is 5.96. The average molecular weight is 487 g/mol. The van der Waals surface area contributed by atoms with Crippen molar-refractivity contribution in [1.82, 2.24) is 19.7 Å². The number of morpholine rings is 1. The van der Waals surface area contributed by atoms with Crippen LogP contribution in [0.4, 0.5) is 28.7 Å². The zero-order chi connectivity index (χ0) is 24.5. The molecule has 2 fully saturated rings. The molecule has 0 saturated carbocycles. The number of hydrogen-bond donors (Lipinski definition) is 1. The maximum Gasteiger partial charge on any atom is 0.247 e. The number of likely N-dealkylation sites (N-methyl/N-ethyl adjacent to an activating group) is 1. The van der Waals surface area contributed by atoms with Crippen LogP contribution in [0.25, 0.3) is 6.20 Å². The minimum atomic E-state index is 0.617. The van der Waals surface area contributed by atoms with Gasteiger partial charge in [0, 0.05) is 74.4 Å². The fourth-order valence-electron chi connectivity index (χ4n) is 5.10. The molecule has 2 aromatic carbocycles. The van der Waals surface area contributed by atoms with E-state index in [1.54, 1.807) is 0 Å². The second kappa shape index (κ2) is 9.83. The van der Waals surface area contributed by atoms with Gasteiger partial charge in [0.1, 0.15) is 0 Å². The van der Waals surface area contributed by atoms with Gasteiger partial charge in [0.2, 0.25) is 5.95 Å². The molecule has 0 atom stereocenters. The first-order valence-corrected chi connectivity index (χ1v) is 12.8. The van der Waals surface area contributed by atoms with E-state index >= 15 is 0 Å². The molecule has 3 aliphatic rings. The lowest BCUT2D eigenvalue weighted by molar-refractivity contribution is 0.122. The van der Waals surface area contributed by atoms with Gasteiger partial charge in [0.25, 0.3) is 0 Å². The van der Waals surface area contributed by atoms with Gasteiger partial charge >= 0.3 is 0 Å². The Hall–Kier alpha value is -3.56. The molecule has 4 heterocycles. The van der Waals surface area contributed by atoms with Gasteiger partial charge in [-0.05, 0) is 62.0 Å². The Balaban J connectivity index is 1.11. The van der Waals surface area contributed by atoms with Crippen LogP contribution < -0.4 is 20.0 Å². The number of aryl methyl sites for hydroxylation is 1. The Bertz CT molecular complexity index is 1220. The van der Waals surface area contributed by atoms with E-state index in [1.165, 1.54) is 16.9 Å². The lowest BCUT2D eigenvalue weighted by atomic mass is 10.1. The third kappa shape index (κ3) is 4.76. The minimum Gasteiger partial charge on any atom is -0.378 e. The fourth-order valence-corrected chi connectivity index (χ4v) is 5.10. The number of anilines is 5. The summed E-state index contributed by atoms with van der Waals surface area (Å²) in [7, 11) is 2.19. The highest BCUT2D eigenvalue weighted by atomic mass is 16.5. The molecule has 1 aromatic heterocycles. The van der Waals surface area contributed by atoms with Gasteiger partial charge in [0.05, 0.1) is 19.8 Å². The van der Waals surface area contributed by atoms with Gasteiger partial charge in [-0.15, -0.1) is 5.10 Å². The van der Waals surface area contributed by atoms with Crippen LogP contribution in [-0.4, -0.2) is 79.2 Å². The van der Waals surface area contributed by atoms with Gasteiger partial charge in [-0.1, -0.05) is 0 Å². The molecular weight excluding hydrogens is 452 g/mol. The van der Waals surface area contributed by atoms with Crippen molar-refractivity contribution in [3.8, 4) is 0 Å². The zero-order valence-corrected chi connectivity index (χ0v) is 21.1. The zero-order valence-electron chi connectivity index (χ0n) is 21.1. The fraction of sp³-hybridized carbons (Fsp3) is 0.407. The third-order valence-corrected chi connectivity index (χ3v) is 7.26. The highest BCUT2D eigenvalue weighted by molar-refractivity contribution is 5.64. The molecule has 3 aliphatic heterocycles. The largest absolute Gasteiger partial charge is 0.378 e. The molecule has 2 saturated heterocycles. The smallest absolute Gasteiger partial charge is 0.247 e. The van der Waals surface area contributed by atoms with Gasteiger partial charge in [-0.3, -0.25) is 0 Å². The number of piperazine rings is 1. The molecule has 0 bridgehead atoms. The monoisotopic (exact) mass is 486 g/mol. The predicted molar refractivity (Wildman–Crippen MR) is 145 cm³/mol. The average Bonchev–Trinajstić information content (AvgIpc) is 3.31. The summed E-state index contributed by atoms with van der Waals surface area (Å²) in [5.74, 6) is 1.52. The molecule has 0 radical (unpaired) electrons. The summed E-state index contributed by atoms with van der Waals surface area (Å²) in [6.07, 6.45) is 4.03. The minimum absolute atomic E-state index is 0.617. The van der Waals surface area contributed by atoms with Gasteiger partial charge in [-0.25, -0.2) is 4.68 Å². The Morgan fingerprint density at radius 2 is 1.58 bits per heavy atom. The molecule has 9 nitrogen and oxygen atoms in total. The Labute approximate surface area is 212 Å². The molecule has 9 heteroatoms. The van der Waals surface area contributed by atoms with Crippen molar-refractivity contribution in [3.63, 3.8) is 0 Å². The van der Waals surface area contributed by atoms with Crippen LogP contribution >= 0.6 is 0 Å². The number of aromatic nitrogens is 3. The van der Waals surface area contributed by atoms with Crippen LogP contribution in [0, 0.1) is 6.92 Å². The van der Waals surface area contributed by atoms with E-state index in [4.69, 9.17) is 9.72 Å². The molecule has 0 aliphatic carbocycles. The van der Waals surface area contributed by atoms with Crippen molar-refractivity contribution in [2.24, 2.45) is 0 Å². The lowest BCUT2D eigenvalue weighted by Gasteiger charge is -2.35. The van der Waals surface area contributed by atoms with E-state index in [-0.39, 0.29) is 0 Å². The van der Waals surface area contributed by atoms with E-state index in [0.29, 0.717) is 12.5 Å². The number of rotatable bonds is 5. The lowest BCUT2D eigenvalue weighted by Crippen LogP contribution is -2.44. The number of fused-ring (bicyclic) bond motifs is 1. The standard InChI is InChI=1S/C27H34N8O/c1-21-19-22(3-8-25(21)33-11-9-31(2)10-12-33)28-27-29-26-20-34(13-14-35(26)30-27)24-6-4-23(5-7-24)32-15-17-36-18-16-32/h3-8,13-14,19H,9-12,15-18,20H2,1-2H3,(H,28,30). The molecule has 0 spiro atoms. The van der Waals surface area contributed by atoms with Crippen LogP contribution in [0.5, 0.6) is 0 Å². The first-order valence-electron chi connectivity index (χ1n) is 12.8. The van der Waals surface area contributed by atoms with Gasteiger partial charge in [-0.2, -0.15) is 4.98 Å². The Morgan fingerprint density at radius 3 is 2.33 bits per heavy atom. The van der Waals surface area contributed by atoms with Crippen molar-refractivity contribution in [1.29, 1.82) is 0 Å². The normalized spacial score (nSPS) is 18.4. The van der Waals surface area contributed by atoms with E-state index in [9.17, 15) is 0 Å². The molecule has 36 heavy (non-hydrogen) atoms. The van der Waals surface area contributed by atoms with Crippen LogP contribution in [0.1, 0.15) is 11.4 Å². The quantitative estimate of drug-likeness (QED) is 0.589. The van der Waals surface area contributed by atoms with Crippen molar-refractivity contribution in [2.45, 2.75) is 13.5 Å². The van der Waals surface area contributed by atoms with E-state index in [0.717, 1.165) is 69.7 Å². The summed E-state index contributed by atoms with van der Waals surface area (Å²) in [5, 5.41) is 8.05. The topological polar surface area (TPSA) is 64.9 Å². The summed E-state index contributed by atoms with van der Waals surface area (Å²) in [6, 6.07) is 15.2. The van der Waals surface area contributed by atoms with Crippen LogP contribution in [0.15, 0.2) is 48.7 Å². The molecule has 188 valence electrons. The van der Waals surface area contributed by atoms with Crippen molar-refractivity contribution >= 4 is 34.9 Å². The van der Waals surface area contributed by atoms with E-state index < -0.39 is 0 Å². The maximum atomic E-state index is 5.47. The van der Waals surface area contributed by atoms with Gasteiger partial charge < -0.3 is 29.7 Å². The van der Waals surface area contributed by atoms with Crippen molar-refractivity contribution < 1.29 is 4.74 Å². The highest BCUT2D eigenvalue weighted by Gasteiger charge is 2.19. The first kappa shape index (κ1) is 22.9. The summed E-state index contributed by atoms with van der Waals surface area (Å²) in [6.45, 7) is 10.7. The molecule has 1 N–H and O–H groups in total. The van der Waals surface area contributed by atoms with Crippen molar-refractivity contribution in [2.75, 3.05) is 79.5 Å². The number of nitrogens with one attached hydrogen (secondary N) is 1. The second-order valence-electron chi connectivity index (χ2n) is 9.75. The third-order valence-electron chi connectivity index (χ3n) is 7.26. The number of nitrogens with zero attached hydrogens (tertiary/aromatic N) is 7. The Morgan fingerprint density at radius 1 is 0.833 bits per heavy atom. The SMILES string of the molecule is Cc1cc(Nc2nc3n(n2)C=CN(c2ccc(N4CCOCC4)cc2)C3)ccc1N1CCN(C)CC1. The number of ether oxygens (including phenoxy) is 1. The molecule has 0 unspecified atom stereocenters. The van der Waals surface area contributed by atoms with E-state index in [2.05, 4.69) is 92.7 Å². The maximum absolute atomic E-state index is 5.47.